The quantitative estimate of drug-likeness (QED) is 0.664. The van der Waals surface area contributed by atoms with Crippen molar-refractivity contribution in [2.75, 3.05) is 26.3 Å². The first kappa shape index (κ1) is 14.7. The minimum absolute atomic E-state index is 0.662. The molecule has 2 aliphatic rings. The molecule has 3 nitrogen and oxygen atoms in total. The summed E-state index contributed by atoms with van der Waals surface area (Å²) in [5, 5.41) is 3.64. The van der Waals surface area contributed by atoms with E-state index in [4.69, 9.17) is 9.47 Å². The summed E-state index contributed by atoms with van der Waals surface area (Å²) >= 11 is 0. The van der Waals surface area contributed by atoms with E-state index in [-0.39, 0.29) is 0 Å². The molecule has 0 radical (unpaired) electrons. The molecule has 3 heteroatoms. The van der Waals surface area contributed by atoms with Crippen LogP contribution < -0.4 is 14.8 Å². The fraction of sp³-hybridized carbons (Fsp3) is 0.667. The number of nitrogens with one attached hydrogen (secondary N) is 1. The largest absolute Gasteiger partial charge is 0.486 e. The Hall–Kier alpha value is -1.22. The summed E-state index contributed by atoms with van der Waals surface area (Å²) in [6.07, 6.45) is 9.61. The van der Waals surface area contributed by atoms with Gasteiger partial charge in [-0.2, -0.15) is 0 Å². The molecule has 1 saturated carbocycles. The minimum atomic E-state index is 0.662. The van der Waals surface area contributed by atoms with E-state index in [2.05, 4.69) is 17.4 Å². The Bertz CT molecular complexity index is 439. The first-order valence-electron chi connectivity index (χ1n) is 8.51. The van der Waals surface area contributed by atoms with Gasteiger partial charge < -0.3 is 14.8 Å². The second-order valence-electron chi connectivity index (χ2n) is 6.29. The Morgan fingerprint density at radius 3 is 2.52 bits per heavy atom. The average Bonchev–Trinajstić information content (AvgIpc) is 2.80. The molecule has 1 aliphatic carbocycles. The molecule has 1 fully saturated rings. The van der Waals surface area contributed by atoms with Gasteiger partial charge >= 0.3 is 0 Å². The third-order valence-corrected chi connectivity index (χ3v) is 4.60. The van der Waals surface area contributed by atoms with Crippen molar-refractivity contribution in [3.63, 3.8) is 0 Å². The van der Waals surface area contributed by atoms with Crippen LogP contribution in [0.3, 0.4) is 0 Å². The molecule has 0 spiro atoms. The maximum atomic E-state index is 5.63. The molecule has 0 aromatic heterocycles. The highest BCUT2D eigenvalue weighted by Crippen LogP contribution is 2.30. The summed E-state index contributed by atoms with van der Waals surface area (Å²) in [6.45, 7) is 3.56. The van der Waals surface area contributed by atoms with Crippen molar-refractivity contribution in [1.82, 2.24) is 5.32 Å². The van der Waals surface area contributed by atoms with Crippen LogP contribution in [0.25, 0.3) is 0 Å². The van der Waals surface area contributed by atoms with Crippen LogP contribution in [0.15, 0.2) is 18.2 Å². The maximum absolute atomic E-state index is 5.63. The second-order valence-corrected chi connectivity index (χ2v) is 6.29. The summed E-state index contributed by atoms with van der Waals surface area (Å²) < 4.78 is 11.2. The van der Waals surface area contributed by atoms with E-state index < -0.39 is 0 Å². The number of benzene rings is 1. The molecule has 1 aromatic rings. The molecule has 0 amide bonds. The summed E-state index contributed by atoms with van der Waals surface area (Å²) in [5.41, 5.74) is 1.33. The molecule has 1 aliphatic heterocycles. The molecule has 1 aromatic carbocycles. The minimum Gasteiger partial charge on any atom is -0.486 e. The van der Waals surface area contributed by atoms with E-state index in [9.17, 15) is 0 Å². The lowest BCUT2D eigenvalue weighted by molar-refractivity contribution is 0.171. The van der Waals surface area contributed by atoms with Gasteiger partial charge in [-0.3, -0.25) is 0 Å². The third-order valence-electron chi connectivity index (χ3n) is 4.60. The van der Waals surface area contributed by atoms with Gasteiger partial charge in [-0.1, -0.05) is 31.7 Å². The van der Waals surface area contributed by atoms with Crippen molar-refractivity contribution in [2.45, 2.75) is 44.9 Å². The van der Waals surface area contributed by atoms with E-state index in [0.717, 1.165) is 30.4 Å². The highest BCUT2D eigenvalue weighted by atomic mass is 16.6. The summed E-state index contributed by atoms with van der Waals surface area (Å²) in [7, 11) is 0. The van der Waals surface area contributed by atoms with Gasteiger partial charge in [0, 0.05) is 0 Å². The number of ether oxygens (including phenoxy) is 2. The van der Waals surface area contributed by atoms with Gasteiger partial charge in [-0.15, -0.1) is 0 Å². The molecule has 0 bridgehead atoms. The zero-order valence-corrected chi connectivity index (χ0v) is 12.9. The lowest BCUT2D eigenvalue weighted by Crippen LogP contribution is -2.24. The molecule has 1 heterocycles. The fourth-order valence-corrected chi connectivity index (χ4v) is 3.35. The Labute approximate surface area is 128 Å². The molecule has 116 valence electrons. The predicted molar refractivity (Wildman–Crippen MR) is 85.2 cm³/mol. The summed E-state index contributed by atoms with van der Waals surface area (Å²) in [4.78, 5) is 0. The van der Waals surface area contributed by atoms with Crippen LogP contribution in [-0.2, 0) is 6.42 Å². The molecule has 1 N–H and O–H groups in total. The predicted octanol–water partition coefficient (Wildman–Crippen LogP) is 3.56. The Kier molecular flexibility index (Phi) is 5.39. The smallest absolute Gasteiger partial charge is 0.161 e. The molecule has 0 atom stereocenters. The fourth-order valence-electron chi connectivity index (χ4n) is 3.35. The monoisotopic (exact) mass is 289 g/mol. The first-order valence-corrected chi connectivity index (χ1v) is 8.51. The third kappa shape index (κ3) is 4.37. The van der Waals surface area contributed by atoms with Gasteiger partial charge in [0.1, 0.15) is 13.2 Å². The highest BCUT2D eigenvalue weighted by molar-refractivity contribution is 5.43. The number of hydrogen-bond donors (Lipinski definition) is 1. The first-order chi connectivity index (χ1) is 10.4. The van der Waals surface area contributed by atoms with E-state index >= 15 is 0 Å². The highest BCUT2D eigenvalue weighted by Gasteiger charge is 2.13. The van der Waals surface area contributed by atoms with Crippen molar-refractivity contribution in [3.05, 3.63) is 23.8 Å². The van der Waals surface area contributed by atoms with Gasteiger partial charge in [0.25, 0.3) is 0 Å². The van der Waals surface area contributed by atoms with E-state index in [1.165, 1.54) is 50.6 Å². The van der Waals surface area contributed by atoms with Crippen molar-refractivity contribution < 1.29 is 9.47 Å². The summed E-state index contributed by atoms with van der Waals surface area (Å²) in [6, 6.07) is 6.32. The molecule has 21 heavy (non-hydrogen) atoms. The zero-order chi connectivity index (χ0) is 14.3. The summed E-state index contributed by atoms with van der Waals surface area (Å²) in [5.74, 6) is 2.69. The lowest BCUT2D eigenvalue weighted by Gasteiger charge is -2.19. The van der Waals surface area contributed by atoms with E-state index in [1.807, 2.05) is 6.07 Å². The molecule has 0 saturated heterocycles. The topological polar surface area (TPSA) is 30.5 Å². The van der Waals surface area contributed by atoms with Gasteiger partial charge in [-0.25, -0.2) is 0 Å². The Morgan fingerprint density at radius 2 is 1.71 bits per heavy atom. The van der Waals surface area contributed by atoms with Crippen LogP contribution in [0.2, 0.25) is 0 Å². The molecule has 0 unspecified atom stereocenters. The second kappa shape index (κ2) is 7.69. The molecular weight excluding hydrogens is 262 g/mol. The van der Waals surface area contributed by atoms with Crippen molar-refractivity contribution >= 4 is 0 Å². The standard InChI is InChI=1S/C18H27NO2/c1-2-4-6-16(5-3-1)14-19-10-9-15-7-8-17-18(13-15)21-12-11-20-17/h7-8,13,16,19H,1-6,9-12,14H2. The number of hydrogen-bond acceptors (Lipinski definition) is 3. The van der Waals surface area contributed by atoms with Crippen LogP contribution in [0.4, 0.5) is 0 Å². The van der Waals surface area contributed by atoms with Crippen molar-refractivity contribution in [1.29, 1.82) is 0 Å². The normalized spacial score (nSPS) is 19.2. The van der Waals surface area contributed by atoms with Crippen LogP contribution in [0.1, 0.15) is 44.1 Å². The SMILES string of the molecule is c1cc2c(cc1CCNCC1CCCCCC1)OCCO2. The molecule has 3 rings (SSSR count). The Balaban J connectivity index is 1.40. The van der Waals surface area contributed by atoms with Gasteiger partial charge in [0.2, 0.25) is 0 Å². The van der Waals surface area contributed by atoms with Crippen LogP contribution in [0.5, 0.6) is 11.5 Å². The van der Waals surface area contributed by atoms with Gasteiger partial charge in [0.15, 0.2) is 11.5 Å². The number of fused-ring (bicyclic) bond motifs is 1. The zero-order valence-electron chi connectivity index (χ0n) is 12.9. The van der Waals surface area contributed by atoms with Crippen LogP contribution in [-0.4, -0.2) is 26.3 Å². The maximum Gasteiger partial charge on any atom is 0.161 e. The number of rotatable bonds is 5. The molecular formula is C18H27NO2. The van der Waals surface area contributed by atoms with Crippen LogP contribution in [0, 0.1) is 5.92 Å². The Morgan fingerprint density at radius 1 is 0.952 bits per heavy atom. The van der Waals surface area contributed by atoms with Gasteiger partial charge in [-0.05, 0) is 56.0 Å². The van der Waals surface area contributed by atoms with E-state index in [1.54, 1.807) is 0 Å². The van der Waals surface area contributed by atoms with Crippen molar-refractivity contribution in [2.24, 2.45) is 5.92 Å². The van der Waals surface area contributed by atoms with Crippen LogP contribution >= 0.6 is 0 Å². The van der Waals surface area contributed by atoms with Crippen molar-refractivity contribution in [3.8, 4) is 11.5 Å². The average molecular weight is 289 g/mol. The van der Waals surface area contributed by atoms with Gasteiger partial charge in [0.05, 0.1) is 0 Å². The van der Waals surface area contributed by atoms with E-state index in [0.29, 0.717) is 13.2 Å². The lowest BCUT2D eigenvalue weighted by atomic mass is 10.0.